The van der Waals surface area contributed by atoms with Crippen molar-refractivity contribution in [3.05, 3.63) is 95.7 Å². The van der Waals surface area contributed by atoms with E-state index in [1.165, 1.54) is 0 Å². The number of H-pyrrole nitrogens is 1. The number of anilines is 1. The van der Waals surface area contributed by atoms with Gasteiger partial charge in [0, 0.05) is 22.5 Å². The quantitative estimate of drug-likeness (QED) is 0.455. The van der Waals surface area contributed by atoms with E-state index in [2.05, 4.69) is 29.6 Å². The fourth-order valence-corrected chi connectivity index (χ4v) is 4.85. The van der Waals surface area contributed by atoms with E-state index >= 15 is 0 Å². The normalized spacial score (nSPS) is 12.2. The first kappa shape index (κ1) is 19.3. The molecule has 148 valence electrons. The van der Waals surface area contributed by atoms with Crippen molar-refractivity contribution < 1.29 is 8.42 Å². The van der Waals surface area contributed by atoms with Crippen molar-refractivity contribution >= 4 is 26.6 Å². The van der Waals surface area contributed by atoms with Crippen molar-refractivity contribution in [3.63, 3.8) is 0 Å². The van der Waals surface area contributed by atoms with Gasteiger partial charge in [0.05, 0.1) is 10.6 Å². The summed E-state index contributed by atoms with van der Waals surface area (Å²) in [5.74, 6) is 0. The summed E-state index contributed by atoms with van der Waals surface area (Å²) in [6.45, 7) is 6.16. The van der Waals surface area contributed by atoms with Gasteiger partial charge in [-0.2, -0.15) is 0 Å². The molecule has 29 heavy (non-hydrogen) atoms. The first-order chi connectivity index (χ1) is 13.8. The minimum absolute atomic E-state index is 0.253. The Morgan fingerprint density at radius 1 is 0.828 bits per heavy atom. The van der Waals surface area contributed by atoms with E-state index in [1.54, 1.807) is 24.3 Å². The maximum absolute atomic E-state index is 13.0. The highest BCUT2D eigenvalue weighted by molar-refractivity contribution is 7.92. The second kappa shape index (κ2) is 7.08. The zero-order valence-electron chi connectivity index (χ0n) is 16.7. The van der Waals surface area contributed by atoms with E-state index in [1.807, 2.05) is 55.6 Å². The highest BCUT2D eigenvalue weighted by atomic mass is 32.2. The van der Waals surface area contributed by atoms with Gasteiger partial charge >= 0.3 is 0 Å². The SMILES string of the molecule is Cc1ccc(S(=O)(=O)Nc2ccccc2C(C)(C)c2c[nH]c3ccccc23)cc1. The van der Waals surface area contributed by atoms with Crippen molar-refractivity contribution in [2.24, 2.45) is 0 Å². The number of aromatic amines is 1. The van der Waals surface area contributed by atoms with Crippen molar-refractivity contribution in [1.29, 1.82) is 0 Å². The van der Waals surface area contributed by atoms with Crippen molar-refractivity contribution in [3.8, 4) is 0 Å². The van der Waals surface area contributed by atoms with Gasteiger partial charge in [0.1, 0.15) is 0 Å². The summed E-state index contributed by atoms with van der Waals surface area (Å²) in [7, 11) is -3.68. The molecule has 3 aromatic carbocycles. The van der Waals surface area contributed by atoms with Gasteiger partial charge in [-0.3, -0.25) is 4.72 Å². The number of para-hydroxylation sites is 2. The average Bonchev–Trinajstić information content (AvgIpc) is 3.13. The molecule has 4 aromatic rings. The number of aromatic nitrogens is 1. The molecule has 0 saturated carbocycles. The zero-order chi connectivity index (χ0) is 20.6. The predicted molar refractivity (Wildman–Crippen MR) is 119 cm³/mol. The fraction of sp³-hybridized carbons (Fsp3) is 0.167. The van der Waals surface area contributed by atoms with Crippen LogP contribution in [0.3, 0.4) is 0 Å². The van der Waals surface area contributed by atoms with Crippen LogP contribution in [0.4, 0.5) is 5.69 Å². The van der Waals surface area contributed by atoms with Crippen LogP contribution in [0.5, 0.6) is 0 Å². The maximum Gasteiger partial charge on any atom is 0.261 e. The molecule has 0 atom stereocenters. The number of nitrogens with one attached hydrogen (secondary N) is 2. The second-order valence-corrected chi connectivity index (χ2v) is 9.52. The molecule has 1 heterocycles. The van der Waals surface area contributed by atoms with E-state index in [0.717, 1.165) is 27.6 Å². The molecule has 0 amide bonds. The number of hydrogen-bond donors (Lipinski definition) is 2. The third-order valence-electron chi connectivity index (χ3n) is 5.44. The molecule has 5 heteroatoms. The van der Waals surface area contributed by atoms with Gasteiger partial charge in [0.15, 0.2) is 0 Å². The third-order valence-corrected chi connectivity index (χ3v) is 6.82. The molecule has 0 spiro atoms. The summed E-state index contributed by atoms with van der Waals surface area (Å²) >= 11 is 0. The average molecular weight is 405 g/mol. The van der Waals surface area contributed by atoms with Crippen molar-refractivity contribution in [1.82, 2.24) is 4.98 Å². The third kappa shape index (κ3) is 3.54. The monoisotopic (exact) mass is 404 g/mol. The van der Waals surface area contributed by atoms with Gasteiger partial charge in [-0.15, -0.1) is 0 Å². The topological polar surface area (TPSA) is 62.0 Å². The molecule has 2 N–H and O–H groups in total. The Bertz CT molecular complexity index is 1270. The first-order valence-electron chi connectivity index (χ1n) is 9.54. The molecule has 0 fully saturated rings. The Morgan fingerprint density at radius 2 is 1.48 bits per heavy atom. The maximum atomic E-state index is 13.0. The fourth-order valence-electron chi connectivity index (χ4n) is 3.77. The Kier molecular flexibility index (Phi) is 4.71. The lowest BCUT2D eigenvalue weighted by molar-refractivity contribution is 0.600. The van der Waals surface area contributed by atoms with Crippen LogP contribution >= 0.6 is 0 Å². The Balaban J connectivity index is 1.78. The van der Waals surface area contributed by atoms with E-state index < -0.39 is 15.4 Å². The molecule has 0 aliphatic heterocycles. The highest BCUT2D eigenvalue weighted by Gasteiger charge is 2.29. The smallest absolute Gasteiger partial charge is 0.261 e. The minimum atomic E-state index is -3.68. The Hall–Kier alpha value is -3.05. The Morgan fingerprint density at radius 3 is 2.24 bits per heavy atom. The molecule has 0 radical (unpaired) electrons. The molecule has 1 aromatic heterocycles. The lowest BCUT2D eigenvalue weighted by Gasteiger charge is -2.28. The summed E-state index contributed by atoms with van der Waals surface area (Å²) in [5, 5.41) is 1.13. The molecule has 4 nitrogen and oxygen atoms in total. The zero-order valence-corrected chi connectivity index (χ0v) is 17.5. The molecule has 4 rings (SSSR count). The van der Waals surface area contributed by atoms with Crippen LogP contribution in [0, 0.1) is 6.92 Å². The lowest BCUT2D eigenvalue weighted by Crippen LogP contribution is -2.22. The summed E-state index contributed by atoms with van der Waals surface area (Å²) in [4.78, 5) is 3.58. The van der Waals surface area contributed by atoms with E-state index in [9.17, 15) is 8.42 Å². The number of benzene rings is 3. The van der Waals surface area contributed by atoms with E-state index in [-0.39, 0.29) is 4.90 Å². The largest absolute Gasteiger partial charge is 0.361 e. The number of rotatable bonds is 5. The molecule has 0 bridgehead atoms. The number of sulfonamides is 1. The van der Waals surface area contributed by atoms with Crippen LogP contribution in [0.1, 0.15) is 30.5 Å². The lowest BCUT2D eigenvalue weighted by atomic mass is 9.77. The molecular formula is C24H24N2O2S. The minimum Gasteiger partial charge on any atom is -0.361 e. The van der Waals surface area contributed by atoms with Gasteiger partial charge in [-0.05, 0) is 42.3 Å². The van der Waals surface area contributed by atoms with Gasteiger partial charge in [-0.25, -0.2) is 8.42 Å². The van der Waals surface area contributed by atoms with Crippen LogP contribution < -0.4 is 4.72 Å². The first-order valence-corrected chi connectivity index (χ1v) is 11.0. The van der Waals surface area contributed by atoms with Crippen LogP contribution in [0.25, 0.3) is 10.9 Å². The van der Waals surface area contributed by atoms with Crippen LogP contribution in [0.2, 0.25) is 0 Å². The van der Waals surface area contributed by atoms with Gasteiger partial charge < -0.3 is 4.98 Å². The van der Waals surface area contributed by atoms with Gasteiger partial charge in [0.25, 0.3) is 10.0 Å². The Labute approximate surface area is 171 Å². The van der Waals surface area contributed by atoms with E-state index in [0.29, 0.717) is 5.69 Å². The highest BCUT2D eigenvalue weighted by Crippen LogP contribution is 2.39. The van der Waals surface area contributed by atoms with Crippen molar-refractivity contribution in [2.45, 2.75) is 31.1 Å². The van der Waals surface area contributed by atoms with Crippen LogP contribution in [-0.2, 0) is 15.4 Å². The predicted octanol–water partition coefficient (Wildman–Crippen LogP) is 5.60. The number of fused-ring (bicyclic) bond motifs is 1. The van der Waals surface area contributed by atoms with Crippen LogP contribution in [0.15, 0.2) is 83.9 Å². The number of hydrogen-bond acceptors (Lipinski definition) is 2. The van der Waals surface area contributed by atoms with Gasteiger partial charge in [0.2, 0.25) is 0 Å². The van der Waals surface area contributed by atoms with Crippen LogP contribution in [-0.4, -0.2) is 13.4 Å². The van der Waals surface area contributed by atoms with Gasteiger partial charge in [-0.1, -0.05) is 67.9 Å². The van der Waals surface area contributed by atoms with Crippen molar-refractivity contribution in [2.75, 3.05) is 4.72 Å². The second-order valence-electron chi connectivity index (χ2n) is 7.84. The molecule has 0 aliphatic carbocycles. The summed E-state index contributed by atoms with van der Waals surface area (Å²) in [6.07, 6.45) is 2.01. The molecular weight excluding hydrogens is 380 g/mol. The summed E-state index contributed by atoms with van der Waals surface area (Å²) in [5.41, 5.74) is 4.29. The van der Waals surface area contributed by atoms with E-state index in [4.69, 9.17) is 0 Å². The summed E-state index contributed by atoms with van der Waals surface area (Å²) < 4.78 is 28.7. The summed E-state index contributed by atoms with van der Waals surface area (Å²) in [6, 6.07) is 22.6. The molecule has 0 unspecified atom stereocenters. The number of aryl methyl sites for hydroxylation is 1. The molecule has 0 aliphatic rings. The molecule has 0 saturated heterocycles. The standard InChI is InChI=1S/C24H24N2O2S/c1-17-12-14-18(15-13-17)29(27,28)26-23-11-7-5-9-20(23)24(2,3)21-16-25-22-10-6-4-8-19(21)22/h4-16,25-26H,1-3H3.